The quantitative estimate of drug-likeness (QED) is 0.628. The second-order valence-electron chi connectivity index (χ2n) is 3.47. The molecule has 0 fully saturated rings. The minimum atomic E-state index is 0.435. The topological polar surface area (TPSA) is 54.5 Å². The number of benzene rings is 1. The van der Waals surface area contributed by atoms with Crippen LogP contribution in [0.1, 0.15) is 0 Å². The van der Waals surface area contributed by atoms with Gasteiger partial charge in [-0.3, -0.25) is 0 Å². The number of thiazole rings is 1. The molecular formula is C10H11ClN4S. The van der Waals surface area contributed by atoms with Crippen LogP contribution in [0.3, 0.4) is 0 Å². The molecule has 0 aliphatic heterocycles. The molecule has 1 aromatic heterocycles. The molecule has 0 amide bonds. The standard InChI is InChI=1S/C10H11ClN4S/c1-15(2)9(12)14-10-13-7-4-3-6(11)5-8(7)16-10/h3-5H,1-2H3,(H2,12,13,14). The lowest BCUT2D eigenvalue weighted by molar-refractivity contribution is 0.614. The second kappa shape index (κ2) is 4.27. The number of halogens is 1. The molecular weight excluding hydrogens is 244 g/mol. The van der Waals surface area contributed by atoms with Crippen molar-refractivity contribution in [3.8, 4) is 0 Å². The van der Waals surface area contributed by atoms with Gasteiger partial charge in [0.2, 0.25) is 5.13 Å². The van der Waals surface area contributed by atoms with E-state index in [-0.39, 0.29) is 0 Å². The zero-order valence-electron chi connectivity index (χ0n) is 8.94. The molecule has 4 nitrogen and oxygen atoms in total. The van der Waals surface area contributed by atoms with Crippen LogP contribution in [-0.2, 0) is 0 Å². The zero-order chi connectivity index (χ0) is 11.7. The molecule has 2 aromatic rings. The molecule has 1 aromatic carbocycles. The van der Waals surface area contributed by atoms with E-state index in [1.165, 1.54) is 11.3 Å². The highest BCUT2D eigenvalue weighted by Gasteiger charge is 2.04. The summed E-state index contributed by atoms with van der Waals surface area (Å²) >= 11 is 7.36. The third kappa shape index (κ3) is 2.25. The maximum atomic E-state index is 5.89. The highest BCUT2D eigenvalue weighted by atomic mass is 35.5. The second-order valence-corrected chi connectivity index (χ2v) is 4.92. The van der Waals surface area contributed by atoms with Crippen molar-refractivity contribution >= 4 is 44.2 Å². The number of hydrogen-bond donors (Lipinski definition) is 1. The van der Waals surface area contributed by atoms with Gasteiger partial charge in [-0.15, -0.1) is 0 Å². The van der Waals surface area contributed by atoms with E-state index in [0.717, 1.165) is 10.2 Å². The minimum Gasteiger partial charge on any atom is -0.369 e. The Bertz CT molecular complexity index is 547. The SMILES string of the molecule is CN(C)/C(N)=N\c1nc2ccc(Cl)cc2s1. The van der Waals surface area contributed by atoms with Crippen LogP contribution in [-0.4, -0.2) is 29.9 Å². The molecule has 0 aliphatic carbocycles. The number of aliphatic imine (C=N–C) groups is 1. The number of aromatic nitrogens is 1. The van der Waals surface area contributed by atoms with E-state index < -0.39 is 0 Å². The maximum absolute atomic E-state index is 5.89. The Morgan fingerprint density at radius 3 is 2.94 bits per heavy atom. The molecule has 0 atom stereocenters. The van der Waals surface area contributed by atoms with Gasteiger partial charge in [0.05, 0.1) is 10.2 Å². The minimum absolute atomic E-state index is 0.435. The lowest BCUT2D eigenvalue weighted by Gasteiger charge is -2.08. The zero-order valence-corrected chi connectivity index (χ0v) is 10.5. The van der Waals surface area contributed by atoms with Gasteiger partial charge in [0.15, 0.2) is 5.96 Å². The van der Waals surface area contributed by atoms with Crippen LogP contribution in [0.5, 0.6) is 0 Å². The van der Waals surface area contributed by atoms with Gasteiger partial charge in [-0.05, 0) is 18.2 Å². The summed E-state index contributed by atoms with van der Waals surface area (Å²) in [6.45, 7) is 0. The highest BCUT2D eigenvalue weighted by molar-refractivity contribution is 7.22. The number of nitrogens with zero attached hydrogens (tertiary/aromatic N) is 3. The van der Waals surface area contributed by atoms with Gasteiger partial charge in [-0.1, -0.05) is 22.9 Å². The first-order valence-corrected chi connectivity index (χ1v) is 5.83. The number of fused-ring (bicyclic) bond motifs is 1. The van der Waals surface area contributed by atoms with Gasteiger partial charge in [0, 0.05) is 19.1 Å². The summed E-state index contributed by atoms with van der Waals surface area (Å²) in [5.41, 5.74) is 6.61. The normalized spacial score (nSPS) is 12.1. The smallest absolute Gasteiger partial charge is 0.213 e. The van der Waals surface area contributed by atoms with E-state index >= 15 is 0 Å². The van der Waals surface area contributed by atoms with Crippen molar-refractivity contribution < 1.29 is 0 Å². The Morgan fingerprint density at radius 2 is 2.25 bits per heavy atom. The Balaban J connectivity index is 2.44. The van der Waals surface area contributed by atoms with Gasteiger partial charge < -0.3 is 10.6 Å². The average molecular weight is 255 g/mol. The van der Waals surface area contributed by atoms with Crippen LogP contribution in [0.25, 0.3) is 10.2 Å². The summed E-state index contributed by atoms with van der Waals surface area (Å²) in [5, 5.41) is 1.34. The van der Waals surface area contributed by atoms with Gasteiger partial charge in [-0.2, -0.15) is 4.99 Å². The first kappa shape index (κ1) is 11.2. The van der Waals surface area contributed by atoms with Crippen molar-refractivity contribution in [2.75, 3.05) is 14.1 Å². The molecule has 0 aliphatic rings. The van der Waals surface area contributed by atoms with Crippen LogP contribution >= 0.6 is 22.9 Å². The molecule has 1 heterocycles. The number of nitrogens with two attached hydrogens (primary N) is 1. The molecule has 0 radical (unpaired) electrons. The van der Waals surface area contributed by atoms with Crippen LogP contribution in [0.15, 0.2) is 23.2 Å². The summed E-state index contributed by atoms with van der Waals surface area (Å²) in [6.07, 6.45) is 0. The van der Waals surface area contributed by atoms with Crippen LogP contribution < -0.4 is 5.73 Å². The van der Waals surface area contributed by atoms with Crippen molar-refractivity contribution in [1.82, 2.24) is 9.88 Å². The van der Waals surface area contributed by atoms with E-state index in [1.54, 1.807) is 4.90 Å². The predicted octanol–water partition coefficient (Wildman–Crippen LogP) is 2.46. The molecule has 2 rings (SSSR count). The van der Waals surface area contributed by atoms with Crippen molar-refractivity contribution in [3.63, 3.8) is 0 Å². The fraction of sp³-hybridized carbons (Fsp3) is 0.200. The van der Waals surface area contributed by atoms with Crippen molar-refractivity contribution in [2.45, 2.75) is 0 Å². The third-order valence-electron chi connectivity index (χ3n) is 2.01. The largest absolute Gasteiger partial charge is 0.369 e. The lowest BCUT2D eigenvalue weighted by atomic mass is 10.3. The third-order valence-corrected chi connectivity index (χ3v) is 3.15. The summed E-state index contributed by atoms with van der Waals surface area (Å²) in [6, 6.07) is 5.56. The van der Waals surface area contributed by atoms with Crippen LogP contribution in [0.2, 0.25) is 5.02 Å². The number of guanidine groups is 1. The molecule has 0 saturated carbocycles. The Hall–Kier alpha value is -1.33. The average Bonchev–Trinajstić information content (AvgIpc) is 2.58. The highest BCUT2D eigenvalue weighted by Crippen LogP contribution is 2.29. The molecule has 6 heteroatoms. The maximum Gasteiger partial charge on any atom is 0.213 e. The van der Waals surface area contributed by atoms with Crippen molar-refractivity contribution in [2.24, 2.45) is 10.7 Å². The monoisotopic (exact) mass is 254 g/mol. The van der Waals surface area contributed by atoms with Gasteiger partial charge in [-0.25, -0.2) is 4.98 Å². The van der Waals surface area contributed by atoms with Crippen molar-refractivity contribution in [3.05, 3.63) is 23.2 Å². The summed E-state index contributed by atoms with van der Waals surface area (Å²) in [5.74, 6) is 0.435. The fourth-order valence-corrected chi connectivity index (χ4v) is 2.25. The van der Waals surface area contributed by atoms with E-state index in [1.807, 2.05) is 32.3 Å². The summed E-state index contributed by atoms with van der Waals surface area (Å²) < 4.78 is 1.01. The Morgan fingerprint density at radius 1 is 1.50 bits per heavy atom. The summed E-state index contributed by atoms with van der Waals surface area (Å²) in [7, 11) is 3.67. The molecule has 0 bridgehead atoms. The summed E-state index contributed by atoms with van der Waals surface area (Å²) in [4.78, 5) is 10.3. The number of hydrogen-bond acceptors (Lipinski definition) is 3. The molecule has 84 valence electrons. The van der Waals surface area contributed by atoms with Gasteiger partial charge in [0.1, 0.15) is 0 Å². The molecule has 2 N–H and O–H groups in total. The fourth-order valence-electron chi connectivity index (χ4n) is 1.13. The van der Waals surface area contributed by atoms with Gasteiger partial charge >= 0.3 is 0 Å². The van der Waals surface area contributed by atoms with E-state index in [0.29, 0.717) is 16.1 Å². The Kier molecular flexibility index (Phi) is 2.98. The van der Waals surface area contributed by atoms with E-state index in [2.05, 4.69) is 9.98 Å². The molecule has 0 spiro atoms. The van der Waals surface area contributed by atoms with Gasteiger partial charge in [0.25, 0.3) is 0 Å². The first-order chi connectivity index (χ1) is 7.56. The number of rotatable bonds is 1. The molecule has 16 heavy (non-hydrogen) atoms. The van der Waals surface area contributed by atoms with Crippen LogP contribution in [0.4, 0.5) is 5.13 Å². The van der Waals surface area contributed by atoms with E-state index in [4.69, 9.17) is 17.3 Å². The lowest BCUT2D eigenvalue weighted by Crippen LogP contribution is -2.29. The first-order valence-electron chi connectivity index (χ1n) is 4.64. The molecule has 0 saturated heterocycles. The predicted molar refractivity (Wildman–Crippen MR) is 69.6 cm³/mol. The van der Waals surface area contributed by atoms with Crippen molar-refractivity contribution in [1.29, 1.82) is 0 Å². The van der Waals surface area contributed by atoms with Crippen LogP contribution in [0, 0.1) is 0 Å². The Labute approximate surface area is 102 Å². The van der Waals surface area contributed by atoms with E-state index in [9.17, 15) is 0 Å². The molecule has 0 unspecified atom stereocenters.